The fourth-order valence-corrected chi connectivity index (χ4v) is 3.81. The summed E-state index contributed by atoms with van der Waals surface area (Å²) in [6.45, 7) is 8.86. The second-order valence-electron chi connectivity index (χ2n) is 7.92. The number of aromatic amines is 1. The summed E-state index contributed by atoms with van der Waals surface area (Å²) >= 11 is 0. The van der Waals surface area contributed by atoms with Gasteiger partial charge in [0.05, 0.1) is 23.6 Å². The van der Waals surface area contributed by atoms with Gasteiger partial charge in [-0.3, -0.25) is 14.7 Å². The highest BCUT2D eigenvalue weighted by Gasteiger charge is 2.27. The van der Waals surface area contributed by atoms with E-state index in [1.807, 2.05) is 6.07 Å². The maximum atomic E-state index is 12.8. The molecule has 1 saturated heterocycles. The van der Waals surface area contributed by atoms with Gasteiger partial charge in [0.25, 0.3) is 5.91 Å². The van der Waals surface area contributed by atoms with Crippen LogP contribution < -0.4 is 10.2 Å². The summed E-state index contributed by atoms with van der Waals surface area (Å²) < 4.78 is 0. The SMILES string of the molecule is CC(C)(CN1CCN(c2ccccc2)CC1)NC(=O)c1cncc2[nH]cnc12. The summed E-state index contributed by atoms with van der Waals surface area (Å²) in [5.74, 6) is -0.141. The van der Waals surface area contributed by atoms with Crippen molar-refractivity contribution in [1.82, 2.24) is 25.2 Å². The van der Waals surface area contributed by atoms with Gasteiger partial charge in [0.1, 0.15) is 5.52 Å². The number of H-pyrrole nitrogens is 1. The van der Waals surface area contributed by atoms with Gasteiger partial charge in [-0.15, -0.1) is 0 Å². The maximum absolute atomic E-state index is 12.8. The van der Waals surface area contributed by atoms with Gasteiger partial charge in [-0.05, 0) is 26.0 Å². The summed E-state index contributed by atoms with van der Waals surface area (Å²) in [6, 6.07) is 10.5. The van der Waals surface area contributed by atoms with E-state index in [9.17, 15) is 4.79 Å². The topological polar surface area (TPSA) is 77.1 Å². The molecule has 4 rings (SSSR count). The van der Waals surface area contributed by atoms with Crippen molar-refractivity contribution in [2.45, 2.75) is 19.4 Å². The van der Waals surface area contributed by atoms with Crippen molar-refractivity contribution in [3.05, 3.63) is 54.6 Å². The van der Waals surface area contributed by atoms with Gasteiger partial charge < -0.3 is 15.2 Å². The van der Waals surface area contributed by atoms with Crippen LogP contribution in [-0.2, 0) is 0 Å². The summed E-state index contributed by atoms with van der Waals surface area (Å²) in [4.78, 5) is 29.0. The minimum absolute atomic E-state index is 0.141. The molecule has 2 N–H and O–H groups in total. The highest BCUT2D eigenvalue weighted by atomic mass is 16.1. The van der Waals surface area contributed by atoms with Gasteiger partial charge in [0.15, 0.2) is 0 Å². The average Bonchev–Trinajstić information content (AvgIpc) is 3.17. The number of anilines is 1. The molecule has 0 atom stereocenters. The van der Waals surface area contributed by atoms with Crippen LogP contribution in [0.3, 0.4) is 0 Å². The monoisotopic (exact) mass is 378 g/mol. The quantitative estimate of drug-likeness (QED) is 0.712. The minimum Gasteiger partial charge on any atom is -0.369 e. The predicted octanol–water partition coefficient (Wildman–Crippen LogP) is 2.29. The fourth-order valence-electron chi connectivity index (χ4n) is 3.81. The van der Waals surface area contributed by atoms with Crippen molar-refractivity contribution in [2.75, 3.05) is 37.6 Å². The Morgan fingerprint density at radius 2 is 1.89 bits per heavy atom. The van der Waals surface area contributed by atoms with Crippen LogP contribution in [0.5, 0.6) is 0 Å². The Labute approximate surface area is 164 Å². The molecule has 1 fully saturated rings. The maximum Gasteiger partial charge on any atom is 0.255 e. The Morgan fingerprint density at radius 3 is 2.64 bits per heavy atom. The molecular weight excluding hydrogens is 352 g/mol. The molecule has 3 aromatic rings. The fraction of sp³-hybridized carbons (Fsp3) is 0.381. The van der Waals surface area contributed by atoms with Crippen molar-refractivity contribution < 1.29 is 4.79 Å². The molecule has 0 spiro atoms. The molecular formula is C21H26N6O. The predicted molar refractivity (Wildman–Crippen MR) is 111 cm³/mol. The van der Waals surface area contributed by atoms with Crippen LogP contribution in [0, 0.1) is 0 Å². The lowest BCUT2D eigenvalue weighted by atomic mass is 10.0. The van der Waals surface area contributed by atoms with Crippen LogP contribution in [0.2, 0.25) is 0 Å². The number of fused-ring (bicyclic) bond motifs is 1. The number of imidazole rings is 1. The molecule has 1 aromatic carbocycles. The number of aromatic nitrogens is 3. The number of nitrogens with one attached hydrogen (secondary N) is 2. The first-order valence-corrected chi connectivity index (χ1v) is 9.64. The van der Waals surface area contributed by atoms with E-state index in [4.69, 9.17) is 0 Å². The van der Waals surface area contributed by atoms with E-state index in [1.165, 1.54) is 5.69 Å². The van der Waals surface area contributed by atoms with E-state index < -0.39 is 0 Å². The number of hydrogen-bond donors (Lipinski definition) is 2. The standard InChI is InChI=1S/C21H26N6O/c1-21(2,25-20(28)17-12-22-13-18-19(17)24-15-23-18)14-26-8-10-27(11-9-26)16-6-4-3-5-7-16/h3-7,12-13,15H,8-11,14H2,1-2H3,(H,23,24)(H,25,28). The Hall–Kier alpha value is -2.93. The van der Waals surface area contributed by atoms with Gasteiger partial charge in [0, 0.05) is 50.1 Å². The third-order valence-electron chi connectivity index (χ3n) is 5.14. The zero-order valence-electron chi connectivity index (χ0n) is 16.4. The van der Waals surface area contributed by atoms with Crippen LogP contribution in [0.15, 0.2) is 49.1 Å². The van der Waals surface area contributed by atoms with Crippen molar-refractivity contribution in [2.24, 2.45) is 0 Å². The molecule has 28 heavy (non-hydrogen) atoms. The van der Waals surface area contributed by atoms with Crippen molar-refractivity contribution in [3.8, 4) is 0 Å². The molecule has 0 saturated carbocycles. The lowest BCUT2D eigenvalue weighted by Crippen LogP contribution is -2.56. The number of nitrogens with zero attached hydrogens (tertiary/aromatic N) is 4. The number of carbonyl (C=O) groups is 1. The zero-order valence-corrected chi connectivity index (χ0v) is 16.4. The van der Waals surface area contributed by atoms with E-state index in [0.717, 1.165) is 38.2 Å². The van der Waals surface area contributed by atoms with E-state index in [2.05, 4.69) is 68.2 Å². The molecule has 3 heterocycles. The Kier molecular flexibility index (Phi) is 5.00. The second-order valence-corrected chi connectivity index (χ2v) is 7.92. The summed E-state index contributed by atoms with van der Waals surface area (Å²) in [7, 11) is 0. The highest BCUT2D eigenvalue weighted by molar-refractivity contribution is 6.04. The number of rotatable bonds is 5. The van der Waals surface area contributed by atoms with Crippen LogP contribution in [0.25, 0.3) is 11.0 Å². The smallest absolute Gasteiger partial charge is 0.255 e. The van der Waals surface area contributed by atoms with Crippen molar-refractivity contribution >= 4 is 22.6 Å². The normalized spacial score (nSPS) is 15.7. The largest absolute Gasteiger partial charge is 0.369 e. The number of para-hydroxylation sites is 1. The third kappa shape index (κ3) is 3.99. The van der Waals surface area contributed by atoms with Gasteiger partial charge >= 0.3 is 0 Å². The van der Waals surface area contributed by atoms with Crippen LogP contribution in [-0.4, -0.2) is 64.0 Å². The first kappa shape index (κ1) is 18.4. The number of hydrogen-bond acceptors (Lipinski definition) is 5. The third-order valence-corrected chi connectivity index (χ3v) is 5.14. The van der Waals surface area contributed by atoms with Crippen LogP contribution >= 0.6 is 0 Å². The van der Waals surface area contributed by atoms with Gasteiger partial charge in [-0.2, -0.15) is 0 Å². The zero-order chi connectivity index (χ0) is 19.6. The summed E-state index contributed by atoms with van der Waals surface area (Å²) in [5, 5.41) is 3.16. The molecule has 1 aliphatic heterocycles. The van der Waals surface area contributed by atoms with Crippen molar-refractivity contribution in [1.29, 1.82) is 0 Å². The molecule has 0 unspecified atom stereocenters. The lowest BCUT2D eigenvalue weighted by molar-refractivity contribution is 0.0885. The van der Waals surface area contributed by atoms with Gasteiger partial charge in [0.2, 0.25) is 0 Å². The van der Waals surface area contributed by atoms with E-state index in [0.29, 0.717) is 11.1 Å². The summed E-state index contributed by atoms with van der Waals surface area (Å²) in [6.07, 6.45) is 4.84. The molecule has 0 aliphatic carbocycles. The molecule has 0 bridgehead atoms. The Bertz CT molecular complexity index is 944. The van der Waals surface area contributed by atoms with Crippen molar-refractivity contribution in [3.63, 3.8) is 0 Å². The minimum atomic E-state index is -0.357. The van der Waals surface area contributed by atoms with Crippen LogP contribution in [0.4, 0.5) is 5.69 Å². The van der Waals surface area contributed by atoms with Gasteiger partial charge in [-0.1, -0.05) is 18.2 Å². The van der Waals surface area contributed by atoms with Crippen LogP contribution in [0.1, 0.15) is 24.2 Å². The number of benzene rings is 1. The summed E-state index contributed by atoms with van der Waals surface area (Å²) in [5.41, 5.74) is 2.84. The molecule has 7 heteroatoms. The molecule has 146 valence electrons. The Balaban J connectivity index is 1.36. The molecule has 1 aliphatic rings. The molecule has 2 aromatic heterocycles. The molecule has 0 radical (unpaired) electrons. The first-order chi connectivity index (χ1) is 13.5. The van der Waals surface area contributed by atoms with E-state index >= 15 is 0 Å². The molecule has 1 amide bonds. The number of carbonyl (C=O) groups excluding carboxylic acids is 1. The van der Waals surface area contributed by atoms with Gasteiger partial charge in [-0.25, -0.2) is 4.98 Å². The molecule has 7 nitrogen and oxygen atoms in total. The highest BCUT2D eigenvalue weighted by Crippen LogP contribution is 2.18. The second kappa shape index (κ2) is 7.59. The number of amides is 1. The lowest BCUT2D eigenvalue weighted by Gasteiger charge is -2.40. The first-order valence-electron chi connectivity index (χ1n) is 9.64. The average molecular weight is 378 g/mol. The number of piperazine rings is 1. The van der Waals surface area contributed by atoms with E-state index in [1.54, 1.807) is 18.7 Å². The van der Waals surface area contributed by atoms with E-state index in [-0.39, 0.29) is 11.4 Å². The number of pyridine rings is 1. The Morgan fingerprint density at radius 1 is 1.14 bits per heavy atom.